The molecule has 12 heteroatoms. The predicted molar refractivity (Wildman–Crippen MR) is 138 cm³/mol. The predicted octanol–water partition coefficient (Wildman–Crippen LogP) is 7.26. The van der Waals surface area contributed by atoms with Crippen molar-refractivity contribution in [2.45, 2.75) is 80.7 Å². The Morgan fingerprint density at radius 2 is 1.45 bits per heavy atom. The molecule has 6 nitrogen and oxygen atoms in total. The van der Waals surface area contributed by atoms with E-state index in [4.69, 9.17) is 19.2 Å². The zero-order valence-corrected chi connectivity index (χ0v) is 23.2. The quantitative estimate of drug-likeness (QED) is 0.366. The molecule has 2 N–H and O–H groups in total. The van der Waals surface area contributed by atoms with E-state index >= 15 is 0 Å². The molecule has 40 heavy (non-hydrogen) atoms. The first-order valence-corrected chi connectivity index (χ1v) is 15.6. The first-order chi connectivity index (χ1) is 18.5. The molecule has 2 fully saturated rings. The Kier molecular flexibility index (Phi) is 6.09. The number of halogens is 5. The molecule has 3 atom stereocenters. The van der Waals surface area contributed by atoms with Crippen molar-refractivity contribution in [1.82, 2.24) is 4.98 Å². The summed E-state index contributed by atoms with van der Waals surface area (Å²) in [5.41, 5.74) is 1.63. The number of aromatic nitrogens is 1. The first kappa shape index (κ1) is 28.3. The van der Waals surface area contributed by atoms with Crippen LogP contribution >= 0.6 is 10.2 Å². The number of rotatable bonds is 3. The number of pyridine rings is 1. The van der Waals surface area contributed by atoms with Crippen LogP contribution in [0.2, 0.25) is 0 Å². The second-order valence-electron chi connectivity index (χ2n) is 12.2. The standard InChI is InChI=1S/C28H34F5NO5S/c1-27(2)15-19(35)20-22-21(23(34-24(20)26(27)36)16-7-11-37-12-8-16)25(39-28(22)9-13-38-14-10-28)17-3-5-18(6-4-17)40(29,30,31,32)33/h3-6,16,19,25-26,35-36H,7-15H2,1-2H3. The third-order valence-electron chi connectivity index (χ3n) is 8.98. The summed E-state index contributed by atoms with van der Waals surface area (Å²) in [5, 5.41) is 22.9. The van der Waals surface area contributed by atoms with Gasteiger partial charge in [-0.1, -0.05) is 45.4 Å². The van der Waals surface area contributed by atoms with Crippen molar-refractivity contribution in [1.29, 1.82) is 0 Å². The Bertz CT molecular complexity index is 1320. The summed E-state index contributed by atoms with van der Waals surface area (Å²) in [4.78, 5) is 3.04. The van der Waals surface area contributed by atoms with E-state index in [0.29, 0.717) is 92.3 Å². The summed E-state index contributed by atoms with van der Waals surface area (Å²) >= 11 is 0. The Morgan fingerprint density at radius 1 is 0.850 bits per heavy atom. The summed E-state index contributed by atoms with van der Waals surface area (Å²) in [6.07, 6.45) is -0.374. The number of ether oxygens (including phenoxy) is 3. The van der Waals surface area contributed by atoms with Crippen molar-refractivity contribution in [2.75, 3.05) is 26.4 Å². The van der Waals surface area contributed by atoms with E-state index in [2.05, 4.69) is 0 Å². The van der Waals surface area contributed by atoms with Gasteiger partial charge in [-0.15, -0.1) is 0 Å². The summed E-state index contributed by atoms with van der Waals surface area (Å²) in [7, 11) is -9.86. The number of hydrogen-bond donors (Lipinski definition) is 2. The fourth-order valence-electron chi connectivity index (χ4n) is 6.86. The maximum atomic E-state index is 13.5. The van der Waals surface area contributed by atoms with Crippen molar-refractivity contribution >= 4 is 10.2 Å². The Balaban J connectivity index is 1.60. The van der Waals surface area contributed by atoms with Gasteiger partial charge in [0.1, 0.15) is 17.1 Å². The molecule has 222 valence electrons. The number of fused-ring (bicyclic) bond motifs is 4. The fraction of sp³-hybridized carbons (Fsp3) is 0.607. The molecule has 2 saturated heterocycles. The number of benzene rings is 1. The largest absolute Gasteiger partial charge is 0.388 e. The van der Waals surface area contributed by atoms with Crippen LogP contribution in [-0.2, 0) is 19.8 Å². The van der Waals surface area contributed by atoms with Crippen LogP contribution in [0.5, 0.6) is 0 Å². The molecule has 1 aromatic carbocycles. The van der Waals surface area contributed by atoms with E-state index in [1.165, 1.54) is 0 Å². The minimum Gasteiger partial charge on any atom is -0.388 e. The maximum absolute atomic E-state index is 13.5. The monoisotopic (exact) mass is 591 g/mol. The number of nitrogens with zero attached hydrogens (tertiary/aromatic N) is 1. The summed E-state index contributed by atoms with van der Waals surface area (Å²) in [5.74, 6) is -0.0766. The highest BCUT2D eigenvalue weighted by molar-refractivity contribution is 8.45. The highest BCUT2D eigenvalue weighted by atomic mass is 32.5. The Morgan fingerprint density at radius 3 is 2.05 bits per heavy atom. The van der Waals surface area contributed by atoms with Crippen molar-refractivity contribution in [3.05, 3.63) is 57.9 Å². The lowest BCUT2D eigenvalue weighted by Crippen LogP contribution is -2.38. The summed E-state index contributed by atoms with van der Waals surface area (Å²) in [6, 6.07) is 2.91. The van der Waals surface area contributed by atoms with E-state index in [1.807, 2.05) is 13.8 Å². The van der Waals surface area contributed by atoms with Gasteiger partial charge in [-0.2, -0.15) is 0 Å². The van der Waals surface area contributed by atoms with Crippen molar-refractivity contribution < 1.29 is 43.9 Å². The number of aliphatic hydroxyl groups excluding tert-OH is 2. The molecule has 0 bridgehead atoms. The second kappa shape index (κ2) is 8.61. The fourth-order valence-corrected chi connectivity index (χ4v) is 7.52. The van der Waals surface area contributed by atoms with Crippen LogP contribution in [-0.4, -0.2) is 41.6 Å². The molecule has 1 spiro atoms. The third kappa shape index (κ3) is 4.64. The van der Waals surface area contributed by atoms with Crippen LogP contribution in [0.15, 0.2) is 29.2 Å². The third-order valence-corrected chi connectivity index (χ3v) is 10.1. The molecule has 4 heterocycles. The normalized spacial score (nSPS) is 29.9. The van der Waals surface area contributed by atoms with Gasteiger partial charge < -0.3 is 24.4 Å². The van der Waals surface area contributed by atoms with E-state index in [1.54, 1.807) is 0 Å². The lowest BCUT2D eigenvalue weighted by molar-refractivity contribution is -0.123. The molecular formula is C28H34F5NO5S. The highest BCUT2D eigenvalue weighted by Crippen LogP contribution is 3.02. The highest BCUT2D eigenvalue weighted by Gasteiger charge is 2.65. The SMILES string of the molecule is CC1(C)CC(O)c2c(nc(C3CCOCC3)c3c2C2(CCOCC2)OC3c2ccc(S(F)(F)(F)(F)F)cc2)C1O. The van der Waals surface area contributed by atoms with Crippen molar-refractivity contribution in [3.8, 4) is 0 Å². The minimum absolute atomic E-state index is 0.0766. The van der Waals surface area contributed by atoms with Gasteiger partial charge in [0.05, 0.1) is 23.1 Å². The summed E-state index contributed by atoms with van der Waals surface area (Å²) in [6.45, 7) is 5.47. The lowest BCUT2D eigenvalue weighted by atomic mass is 9.68. The van der Waals surface area contributed by atoms with E-state index in [9.17, 15) is 29.6 Å². The van der Waals surface area contributed by atoms with Crippen LogP contribution < -0.4 is 0 Å². The van der Waals surface area contributed by atoms with Crippen molar-refractivity contribution in [3.63, 3.8) is 0 Å². The van der Waals surface area contributed by atoms with Gasteiger partial charge in [0.15, 0.2) is 0 Å². The van der Waals surface area contributed by atoms with Crippen LogP contribution in [0.4, 0.5) is 19.4 Å². The average molecular weight is 592 g/mol. The molecule has 1 aliphatic carbocycles. The molecule has 2 aromatic rings. The molecule has 6 rings (SSSR count). The van der Waals surface area contributed by atoms with E-state index in [0.717, 1.165) is 12.1 Å². The zero-order valence-electron chi connectivity index (χ0n) is 22.3. The zero-order chi connectivity index (χ0) is 28.8. The molecular weight excluding hydrogens is 557 g/mol. The van der Waals surface area contributed by atoms with Crippen LogP contribution in [0, 0.1) is 5.41 Å². The van der Waals surface area contributed by atoms with Gasteiger partial charge in [-0.3, -0.25) is 4.98 Å². The average Bonchev–Trinajstić information content (AvgIpc) is 3.20. The van der Waals surface area contributed by atoms with Gasteiger partial charge in [-0.25, -0.2) is 0 Å². The number of aliphatic hydroxyl groups is 2. The first-order valence-electron chi connectivity index (χ1n) is 13.6. The molecule has 0 saturated carbocycles. The molecule has 3 aliphatic heterocycles. The Labute approximate surface area is 229 Å². The van der Waals surface area contributed by atoms with E-state index in [-0.39, 0.29) is 17.9 Å². The smallest absolute Gasteiger partial charge is 0.310 e. The molecule has 3 unspecified atom stereocenters. The van der Waals surface area contributed by atoms with E-state index < -0.39 is 44.4 Å². The molecule has 0 radical (unpaired) electrons. The number of hydrogen-bond acceptors (Lipinski definition) is 6. The lowest BCUT2D eigenvalue weighted by Gasteiger charge is -2.42. The van der Waals surface area contributed by atoms with Crippen LogP contribution in [0.1, 0.15) is 104 Å². The minimum atomic E-state index is -9.86. The molecule has 0 amide bonds. The van der Waals surface area contributed by atoms with Crippen molar-refractivity contribution in [2.24, 2.45) is 5.41 Å². The van der Waals surface area contributed by atoms with Gasteiger partial charge in [0, 0.05) is 56.3 Å². The molecule has 1 aromatic heterocycles. The van der Waals surface area contributed by atoms with Gasteiger partial charge >= 0.3 is 10.2 Å². The second-order valence-corrected chi connectivity index (χ2v) is 14.6. The Hall–Kier alpha value is -1.83. The molecule has 4 aliphatic rings. The maximum Gasteiger partial charge on any atom is 0.310 e. The van der Waals surface area contributed by atoms with Gasteiger partial charge in [0.2, 0.25) is 0 Å². The van der Waals surface area contributed by atoms with Crippen LogP contribution in [0.3, 0.4) is 0 Å². The van der Waals surface area contributed by atoms with Crippen LogP contribution in [0.25, 0.3) is 0 Å². The van der Waals surface area contributed by atoms with Gasteiger partial charge in [-0.05, 0) is 47.9 Å². The topological polar surface area (TPSA) is 81.0 Å². The summed E-state index contributed by atoms with van der Waals surface area (Å²) < 4.78 is 85.5. The van der Waals surface area contributed by atoms with Gasteiger partial charge in [0.25, 0.3) is 0 Å².